The Labute approximate surface area is 227 Å². The first-order valence-electron chi connectivity index (χ1n) is 13.2. The van der Waals surface area contributed by atoms with Crippen molar-refractivity contribution >= 4 is 10.9 Å². The third kappa shape index (κ3) is 5.81. The highest BCUT2D eigenvalue weighted by Gasteiger charge is 2.26. The van der Waals surface area contributed by atoms with Crippen LogP contribution in [0.2, 0.25) is 0 Å². The van der Waals surface area contributed by atoms with Crippen molar-refractivity contribution in [2.75, 3.05) is 0 Å². The van der Waals surface area contributed by atoms with Crippen molar-refractivity contribution in [1.29, 1.82) is 0 Å². The van der Waals surface area contributed by atoms with Gasteiger partial charge in [0.05, 0.1) is 18.1 Å². The van der Waals surface area contributed by atoms with Gasteiger partial charge in [0.1, 0.15) is 5.82 Å². The van der Waals surface area contributed by atoms with Gasteiger partial charge in [0.2, 0.25) is 0 Å². The van der Waals surface area contributed by atoms with E-state index in [4.69, 9.17) is 0 Å². The molecule has 0 bridgehead atoms. The number of H-pyrrole nitrogens is 1. The quantitative estimate of drug-likeness (QED) is 0.264. The van der Waals surface area contributed by atoms with E-state index in [1.807, 2.05) is 19.9 Å². The Bertz CT molecular complexity index is 1640. The van der Waals surface area contributed by atoms with Crippen LogP contribution in [-0.4, -0.2) is 30.1 Å². The van der Waals surface area contributed by atoms with Gasteiger partial charge in [-0.3, -0.25) is 9.69 Å². The van der Waals surface area contributed by atoms with Gasteiger partial charge >= 0.3 is 0 Å². The monoisotopic (exact) mass is 524 g/mol. The summed E-state index contributed by atoms with van der Waals surface area (Å²) >= 11 is 0. The van der Waals surface area contributed by atoms with Crippen molar-refractivity contribution in [2.24, 2.45) is 0 Å². The molecule has 0 radical (unpaired) electrons. The van der Waals surface area contributed by atoms with Crippen molar-refractivity contribution in [3.05, 3.63) is 122 Å². The molecule has 0 saturated heterocycles. The maximum absolute atomic E-state index is 13.5. The molecule has 39 heavy (non-hydrogen) atoms. The summed E-state index contributed by atoms with van der Waals surface area (Å²) in [7, 11) is 0. The molecule has 0 spiro atoms. The van der Waals surface area contributed by atoms with E-state index in [9.17, 15) is 9.18 Å². The van der Waals surface area contributed by atoms with Crippen LogP contribution >= 0.6 is 0 Å². The number of pyridine rings is 1. The summed E-state index contributed by atoms with van der Waals surface area (Å²) in [6, 6.07) is 20.8. The number of aromatic nitrogens is 5. The second-order valence-corrected chi connectivity index (χ2v) is 10.2. The zero-order valence-electron chi connectivity index (χ0n) is 22.8. The lowest BCUT2D eigenvalue weighted by atomic mass is 10.0. The number of benzene rings is 3. The zero-order chi connectivity index (χ0) is 27.5. The molecule has 0 unspecified atom stereocenters. The van der Waals surface area contributed by atoms with E-state index in [1.54, 1.807) is 16.8 Å². The minimum atomic E-state index is -0.280. The van der Waals surface area contributed by atoms with E-state index in [0.29, 0.717) is 31.0 Å². The third-order valence-corrected chi connectivity index (χ3v) is 7.44. The molecule has 0 aliphatic heterocycles. The number of aromatic amines is 1. The smallest absolute Gasteiger partial charge is 0.252 e. The molecule has 2 heterocycles. The minimum absolute atomic E-state index is 0.0918. The van der Waals surface area contributed by atoms with Crippen LogP contribution in [0.5, 0.6) is 0 Å². The molecule has 5 rings (SSSR count). The lowest BCUT2D eigenvalue weighted by molar-refractivity contribution is 0.161. The Kier molecular flexibility index (Phi) is 7.65. The van der Waals surface area contributed by atoms with Crippen LogP contribution in [0.25, 0.3) is 10.9 Å². The molecule has 8 heteroatoms. The van der Waals surface area contributed by atoms with Gasteiger partial charge in [-0.2, -0.15) is 0 Å². The van der Waals surface area contributed by atoms with Gasteiger partial charge in [-0.15, -0.1) is 5.10 Å². The Morgan fingerprint density at radius 3 is 2.38 bits per heavy atom. The summed E-state index contributed by atoms with van der Waals surface area (Å²) in [4.78, 5) is 18.7. The summed E-state index contributed by atoms with van der Waals surface area (Å²) in [5, 5.41) is 13.7. The van der Waals surface area contributed by atoms with Crippen molar-refractivity contribution in [2.45, 2.75) is 59.8 Å². The molecule has 3 aromatic carbocycles. The van der Waals surface area contributed by atoms with Gasteiger partial charge in [0, 0.05) is 18.7 Å². The Balaban J connectivity index is 1.52. The normalized spacial score (nSPS) is 12.4. The predicted molar refractivity (Wildman–Crippen MR) is 151 cm³/mol. The van der Waals surface area contributed by atoms with Gasteiger partial charge in [0.15, 0.2) is 5.82 Å². The summed E-state index contributed by atoms with van der Waals surface area (Å²) in [5.41, 5.74) is 6.94. The number of tetrazole rings is 1. The molecule has 200 valence electrons. The van der Waals surface area contributed by atoms with Crippen molar-refractivity contribution in [3.8, 4) is 0 Å². The largest absolute Gasteiger partial charge is 0.321 e. The molecule has 0 saturated carbocycles. The fraction of sp³-hybridized carbons (Fsp3) is 0.290. The molecule has 0 aliphatic rings. The van der Waals surface area contributed by atoms with E-state index < -0.39 is 0 Å². The minimum Gasteiger partial charge on any atom is -0.321 e. The Morgan fingerprint density at radius 1 is 0.949 bits per heavy atom. The second kappa shape index (κ2) is 11.3. The van der Waals surface area contributed by atoms with Crippen LogP contribution in [0.15, 0.2) is 71.5 Å². The standard InChI is InChI=1S/C31H33FN6O/c1-5-28(30-34-35-36-38(30)18-24-11-14-27(32)15-12-24)37(17-23-9-6-20(2)7-10-23)19-26-16-25-13-8-21(3)22(4)29(25)33-31(26)39/h6-16,28H,5,17-19H2,1-4H3,(H,33,39)/t28-/m1/s1. The van der Waals surface area contributed by atoms with E-state index in [0.717, 1.165) is 39.6 Å². The maximum atomic E-state index is 13.5. The van der Waals surface area contributed by atoms with Crippen LogP contribution in [0, 0.1) is 26.6 Å². The highest BCUT2D eigenvalue weighted by atomic mass is 19.1. The molecule has 0 fully saturated rings. The average molecular weight is 525 g/mol. The molecule has 2 aromatic heterocycles. The average Bonchev–Trinajstić information content (AvgIpc) is 3.38. The maximum Gasteiger partial charge on any atom is 0.252 e. The van der Waals surface area contributed by atoms with Crippen molar-refractivity contribution in [1.82, 2.24) is 30.1 Å². The Morgan fingerprint density at radius 2 is 1.67 bits per heavy atom. The number of halogens is 1. The first-order chi connectivity index (χ1) is 18.8. The molecule has 0 amide bonds. The Hall–Kier alpha value is -4.17. The molecule has 1 atom stereocenters. The van der Waals surface area contributed by atoms with Gasteiger partial charge in [0.25, 0.3) is 5.56 Å². The number of nitrogens with one attached hydrogen (secondary N) is 1. The van der Waals surface area contributed by atoms with Crippen LogP contribution in [0.1, 0.15) is 58.6 Å². The number of hydrogen-bond acceptors (Lipinski definition) is 5. The first kappa shape index (κ1) is 26.4. The predicted octanol–water partition coefficient (Wildman–Crippen LogP) is 5.78. The number of rotatable bonds is 9. The summed E-state index contributed by atoms with van der Waals surface area (Å²) in [6.07, 6.45) is 0.736. The van der Waals surface area contributed by atoms with E-state index >= 15 is 0 Å². The molecule has 5 aromatic rings. The molecule has 7 nitrogen and oxygen atoms in total. The summed E-state index contributed by atoms with van der Waals surface area (Å²) in [5.74, 6) is 0.426. The third-order valence-electron chi connectivity index (χ3n) is 7.44. The number of hydrogen-bond donors (Lipinski definition) is 1. The fourth-order valence-electron chi connectivity index (χ4n) is 5.04. The molecular weight excluding hydrogens is 491 g/mol. The van der Waals surface area contributed by atoms with E-state index in [-0.39, 0.29) is 17.4 Å². The molecular formula is C31H33FN6O. The van der Waals surface area contributed by atoms with Crippen LogP contribution < -0.4 is 5.56 Å². The zero-order valence-corrected chi connectivity index (χ0v) is 22.8. The highest BCUT2D eigenvalue weighted by Crippen LogP contribution is 2.27. The van der Waals surface area contributed by atoms with Gasteiger partial charge < -0.3 is 4.98 Å². The van der Waals surface area contributed by atoms with Gasteiger partial charge in [-0.05, 0) is 83.5 Å². The summed E-state index contributed by atoms with van der Waals surface area (Å²) in [6.45, 7) is 9.71. The van der Waals surface area contributed by atoms with E-state index in [2.05, 4.69) is 75.7 Å². The number of fused-ring (bicyclic) bond motifs is 1. The van der Waals surface area contributed by atoms with Crippen LogP contribution in [0.4, 0.5) is 4.39 Å². The van der Waals surface area contributed by atoms with Crippen molar-refractivity contribution < 1.29 is 4.39 Å². The van der Waals surface area contributed by atoms with Crippen LogP contribution in [0.3, 0.4) is 0 Å². The van der Waals surface area contributed by atoms with Gasteiger partial charge in [-0.25, -0.2) is 9.07 Å². The lowest BCUT2D eigenvalue weighted by Crippen LogP contribution is -2.32. The fourth-order valence-corrected chi connectivity index (χ4v) is 5.04. The molecule has 1 N–H and O–H groups in total. The highest BCUT2D eigenvalue weighted by molar-refractivity contribution is 5.83. The second-order valence-electron chi connectivity index (χ2n) is 10.2. The lowest BCUT2D eigenvalue weighted by Gasteiger charge is -2.30. The molecule has 0 aliphatic carbocycles. The van der Waals surface area contributed by atoms with E-state index in [1.165, 1.54) is 17.7 Å². The number of aryl methyl sites for hydroxylation is 3. The van der Waals surface area contributed by atoms with Crippen LogP contribution in [-0.2, 0) is 19.6 Å². The van der Waals surface area contributed by atoms with Gasteiger partial charge in [-0.1, -0.05) is 61.0 Å². The number of nitrogens with zero attached hydrogens (tertiary/aromatic N) is 5. The van der Waals surface area contributed by atoms with Crippen molar-refractivity contribution in [3.63, 3.8) is 0 Å². The summed E-state index contributed by atoms with van der Waals surface area (Å²) < 4.78 is 15.2. The topological polar surface area (TPSA) is 79.7 Å². The SMILES string of the molecule is CC[C@H](c1nnnn1Cc1ccc(F)cc1)N(Cc1ccc(C)cc1)Cc1cc2ccc(C)c(C)c2[nH]c1=O. The first-order valence-corrected chi connectivity index (χ1v) is 13.2.